The molecule has 0 amide bonds. The van der Waals surface area contributed by atoms with Gasteiger partial charge in [0.2, 0.25) is 0 Å². The second kappa shape index (κ2) is 5.87. The molecule has 21 heavy (non-hydrogen) atoms. The molecule has 0 aliphatic heterocycles. The number of aryl methyl sites for hydroxylation is 1. The third-order valence-corrected chi connectivity index (χ3v) is 3.55. The molecule has 0 spiro atoms. The molecule has 2 aromatic rings. The van der Waals surface area contributed by atoms with Crippen molar-refractivity contribution in [3.05, 3.63) is 41.5 Å². The van der Waals surface area contributed by atoms with Crippen LogP contribution in [0, 0.1) is 0 Å². The SMILES string of the molecule is CCc1cccc2c(/C(C)=C\C(=O)O)cc(OC)c(O)c12. The molecule has 0 heterocycles. The number of ether oxygens (including phenoxy) is 1. The van der Waals surface area contributed by atoms with Crippen molar-refractivity contribution in [3.8, 4) is 11.5 Å². The third-order valence-electron chi connectivity index (χ3n) is 3.55. The lowest BCUT2D eigenvalue weighted by Crippen LogP contribution is -1.95. The highest BCUT2D eigenvalue weighted by atomic mass is 16.5. The highest BCUT2D eigenvalue weighted by Crippen LogP contribution is 2.41. The number of allylic oxidation sites excluding steroid dienone is 1. The fraction of sp³-hybridized carbons (Fsp3) is 0.235. The number of carboxylic acid groups (broad SMARTS) is 1. The average molecular weight is 286 g/mol. The number of rotatable bonds is 4. The predicted octanol–water partition coefficient (Wildman–Crippen LogP) is 3.60. The molecule has 0 aliphatic rings. The highest BCUT2D eigenvalue weighted by molar-refractivity contribution is 6.03. The average Bonchev–Trinajstić information content (AvgIpc) is 2.46. The van der Waals surface area contributed by atoms with E-state index in [1.54, 1.807) is 13.0 Å². The Bertz CT molecular complexity index is 729. The molecule has 0 unspecified atom stereocenters. The number of hydrogen-bond acceptors (Lipinski definition) is 3. The Kier molecular flexibility index (Phi) is 4.17. The molecule has 0 atom stereocenters. The largest absolute Gasteiger partial charge is 0.504 e. The topological polar surface area (TPSA) is 66.8 Å². The van der Waals surface area contributed by atoms with Gasteiger partial charge in [-0.2, -0.15) is 0 Å². The summed E-state index contributed by atoms with van der Waals surface area (Å²) in [4.78, 5) is 10.9. The van der Waals surface area contributed by atoms with Crippen LogP contribution in [0.4, 0.5) is 0 Å². The Morgan fingerprint density at radius 3 is 2.67 bits per heavy atom. The molecular weight excluding hydrogens is 268 g/mol. The summed E-state index contributed by atoms with van der Waals surface area (Å²) in [6, 6.07) is 7.40. The molecule has 110 valence electrons. The van der Waals surface area contributed by atoms with E-state index in [4.69, 9.17) is 9.84 Å². The van der Waals surface area contributed by atoms with Crippen LogP contribution in [0.25, 0.3) is 16.3 Å². The first-order chi connectivity index (χ1) is 9.99. The summed E-state index contributed by atoms with van der Waals surface area (Å²) in [6.07, 6.45) is 1.92. The molecule has 0 aromatic heterocycles. The van der Waals surface area contributed by atoms with Crippen molar-refractivity contribution in [1.29, 1.82) is 0 Å². The van der Waals surface area contributed by atoms with Gasteiger partial charge in [-0.1, -0.05) is 25.1 Å². The third kappa shape index (κ3) is 2.70. The summed E-state index contributed by atoms with van der Waals surface area (Å²) in [5, 5.41) is 20.9. The van der Waals surface area contributed by atoms with Crippen LogP contribution in [-0.2, 0) is 11.2 Å². The minimum absolute atomic E-state index is 0.0943. The molecule has 0 bridgehead atoms. The number of carboxylic acids is 1. The smallest absolute Gasteiger partial charge is 0.328 e. The summed E-state index contributed by atoms with van der Waals surface area (Å²) in [7, 11) is 1.48. The van der Waals surface area contributed by atoms with Gasteiger partial charge in [-0.3, -0.25) is 0 Å². The fourth-order valence-corrected chi connectivity index (χ4v) is 2.54. The van der Waals surface area contributed by atoms with Crippen molar-refractivity contribution in [2.75, 3.05) is 7.11 Å². The second-order valence-corrected chi connectivity index (χ2v) is 4.83. The first kappa shape index (κ1) is 14.9. The Labute approximate surface area is 123 Å². The fourth-order valence-electron chi connectivity index (χ4n) is 2.54. The van der Waals surface area contributed by atoms with Crippen molar-refractivity contribution in [1.82, 2.24) is 0 Å². The molecule has 0 radical (unpaired) electrons. The van der Waals surface area contributed by atoms with Crippen LogP contribution >= 0.6 is 0 Å². The van der Waals surface area contributed by atoms with Crippen molar-refractivity contribution in [2.45, 2.75) is 20.3 Å². The Hall–Kier alpha value is -2.49. The number of fused-ring (bicyclic) bond motifs is 1. The van der Waals surface area contributed by atoms with Gasteiger partial charge >= 0.3 is 5.97 Å². The maximum atomic E-state index is 10.9. The molecular formula is C17H18O4. The molecule has 4 heteroatoms. The summed E-state index contributed by atoms with van der Waals surface area (Å²) in [5.41, 5.74) is 2.35. The number of methoxy groups -OCH3 is 1. The van der Waals surface area contributed by atoms with E-state index in [0.29, 0.717) is 16.7 Å². The number of carbonyl (C=O) groups is 1. The number of phenolic OH excluding ortho intramolecular Hbond substituents is 1. The van der Waals surface area contributed by atoms with Crippen molar-refractivity contribution in [2.24, 2.45) is 0 Å². The molecule has 2 N–H and O–H groups in total. The Morgan fingerprint density at radius 2 is 2.10 bits per heavy atom. The molecule has 0 saturated carbocycles. The van der Waals surface area contributed by atoms with Crippen molar-refractivity contribution in [3.63, 3.8) is 0 Å². The van der Waals surface area contributed by atoms with Crippen LogP contribution < -0.4 is 4.74 Å². The maximum Gasteiger partial charge on any atom is 0.328 e. The van der Waals surface area contributed by atoms with Gasteiger partial charge in [0.1, 0.15) is 0 Å². The maximum absolute atomic E-state index is 10.9. The molecule has 4 nitrogen and oxygen atoms in total. The van der Waals surface area contributed by atoms with E-state index in [2.05, 4.69) is 0 Å². The number of aliphatic carboxylic acids is 1. The Balaban J connectivity index is 2.89. The van der Waals surface area contributed by atoms with Crippen molar-refractivity contribution < 1.29 is 19.7 Å². The van der Waals surface area contributed by atoms with Gasteiger partial charge in [-0.05, 0) is 41.5 Å². The number of aromatic hydroxyl groups is 1. The first-order valence-corrected chi connectivity index (χ1v) is 6.72. The molecule has 0 fully saturated rings. The van der Waals surface area contributed by atoms with Gasteiger partial charge in [0.25, 0.3) is 0 Å². The molecule has 2 aromatic carbocycles. The molecule has 2 rings (SSSR count). The van der Waals surface area contributed by atoms with Gasteiger partial charge in [0.15, 0.2) is 11.5 Å². The van der Waals surface area contributed by atoms with Gasteiger partial charge < -0.3 is 14.9 Å². The monoisotopic (exact) mass is 286 g/mol. The van der Waals surface area contributed by atoms with E-state index < -0.39 is 5.97 Å². The molecule has 0 aliphatic carbocycles. The zero-order chi connectivity index (χ0) is 15.6. The van der Waals surface area contributed by atoms with Crippen molar-refractivity contribution >= 4 is 22.3 Å². The Morgan fingerprint density at radius 1 is 1.38 bits per heavy atom. The standard InChI is InChI=1S/C17H18O4/c1-4-11-6-5-7-12-13(10(2)8-15(18)19)9-14(21-3)17(20)16(11)12/h5-9,20H,4H2,1-3H3,(H,18,19)/b10-8-. The van der Waals surface area contributed by atoms with Gasteiger partial charge in [0, 0.05) is 11.5 Å². The number of hydrogen-bond donors (Lipinski definition) is 2. The lowest BCUT2D eigenvalue weighted by atomic mass is 9.94. The summed E-state index contributed by atoms with van der Waals surface area (Å²) < 4.78 is 5.22. The van der Waals surface area contributed by atoms with Gasteiger partial charge in [0.05, 0.1) is 7.11 Å². The number of phenols is 1. The van der Waals surface area contributed by atoms with E-state index >= 15 is 0 Å². The summed E-state index contributed by atoms with van der Waals surface area (Å²) >= 11 is 0. The van der Waals surface area contributed by atoms with Gasteiger partial charge in [-0.15, -0.1) is 0 Å². The zero-order valence-corrected chi connectivity index (χ0v) is 12.3. The summed E-state index contributed by atoms with van der Waals surface area (Å²) in [6.45, 7) is 3.74. The van der Waals surface area contributed by atoms with Crippen LogP contribution in [0.2, 0.25) is 0 Å². The predicted molar refractivity (Wildman–Crippen MR) is 82.8 cm³/mol. The van der Waals surface area contributed by atoms with E-state index in [-0.39, 0.29) is 5.75 Å². The highest BCUT2D eigenvalue weighted by Gasteiger charge is 2.15. The second-order valence-electron chi connectivity index (χ2n) is 4.83. The lowest BCUT2D eigenvalue weighted by molar-refractivity contribution is -0.131. The lowest BCUT2D eigenvalue weighted by Gasteiger charge is -2.15. The summed E-state index contributed by atoms with van der Waals surface area (Å²) in [5.74, 6) is -0.562. The van der Waals surface area contributed by atoms with E-state index in [0.717, 1.165) is 29.0 Å². The minimum atomic E-state index is -1.00. The number of benzene rings is 2. The normalized spacial score (nSPS) is 11.7. The van der Waals surface area contributed by atoms with E-state index in [1.807, 2.05) is 25.1 Å². The molecule has 0 saturated heterocycles. The zero-order valence-electron chi connectivity index (χ0n) is 12.3. The van der Waals surface area contributed by atoms with E-state index in [1.165, 1.54) is 7.11 Å². The van der Waals surface area contributed by atoms with Gasteiger partial charge in [-0.25, -0.2) is 4.79 Å². The van der Waals surface area contributed by atoms with Crippen LogP contribution in [0.5, 0.6) is 11.5 Å². The quantitative estimate of drug-likeness (QED) is 0.843. The minimum Gasteiger partial charge on any atom is -0.504 e. The van der Waals surface area contributed by atoms with Crippen LogP contribution in [0.15, 0.2) is 30.3 Å². The van der Waals surface area contributed by atoms with Crippen LogP contribution in [0.3, 0.4) is 0 Å². The van der Waals surface area contributed by atoms with Crippen LogP contribution in [-0.4, -0.2) is 23.3 Å². The van der Waals surface area contributed by atoms with Crippen LogP contribution in [0.1, 0.15) is 25.0 Å². The van der Waals surface area contributed by atoms with E-state index in [9.17, 15) is 9.90 Å². The first-order valence-electron chi connectivity index (χ1n) is 6.72.